The number of aryl methyl sites for hydroxylation is 1. The predicted octanol–water partition coefficient (Wildman–Crippen LogP) is 4.95. The lowest BCUT2D eigenvalue weighted by Crippen LogP contribution is -2.36. The van der Waals surface area contributed by atoms with Crippen LogP contribution in [0.4, 0.5) is 18.0 Å². The molecule has 1 aromatic carbocycles. The number of alkyl halides is 3. The van der Waals surface area contributed by atoms with Gasteiger partial charge in [-0.1, -0.05) is 30.3 Å². The van der Waals surface area contributed by atoms with E-state index in [4.69, 9.17) is 4.74 Å². The minimum Gasteiger partial charge on any atom is -0.444 e. The Kier molecular flexibility index (Phi) is 6.00. The van der Waals surface area contributed by atoms with Crippen LogP contribution in [0.2, 0.25) is 0 Å². The number of fused-ring (bicyclic) bond motifs is 1. The predicted molar refractivity (Wildman–Crippen MR) is 105 cm³/mol. The number of aromatic nitrogens is 3. The number of nitrogens with one attached hydrogen (secondary N) is 1. The van der Waals surface area contributed by atoms with Crippen molar-refractivity contribution in [3.63, 3.8) is 0 Å². The monoisotopic (exact) mass is 420 g/mol. The Morgan fingerprint density at radius 2 is 1.80 bits per heavy atom. The molecular formula is C21H23F3N4O2. The molecule has 3 rings (SSSR count). The molecule has 2 heterocycles. The third-order valence-corrected chi connectivity index (χ3v) is 4.32. The number of ether oxygens (including phenoxy) is 1. The minimum atomic E-state index is -4.51. The highest BCUT2D eigenvalue weighted by Crippen LogP contribution is 2.30. The second-order valence-corrected chi connectivity index (χ2v) is 7.93. The van der Waals surface area contributed by atoms with Crippen LogP contribution in [0.25, 0.3) is 5.65 Å². The van der Waals surface area contributed by atoms with E-state index in [1.165, 1.54) is 10.5 Å². The highest BCUT2D eigenvalue weighted by molar-refractivity contribution is 5.68. The van der Waals surface area contributed by atoms with Crippen LogP contribution >= 0.6 is 0 Å². The van der Waals surface area contributed by atoms with Gasteiger partial charge in [0.1, 0.15) is 5.60 Å². The van der Waals surface area contributed by atoms with Crippen LogP contribution in [0.3, 0.4) is 0 Å². The summed E-state index contributed by atoms with van der Waals surface area (Å²) in [6.07, 6.45) is -3.26. The summed E-state index contributed by atoms with van der Waals surface area (Å²) < 4.78 is 46.1. The largest absolute Gasteiger partial charge is 0.444 e. The first kappa shape index (κ1) is 21.6. The zero-order valence-electron chi connectivity index (χ0n) is 16.9. The van der Waals surface area contributed by atoms with Crippen LogP contribution in [0.1, 0.15) is 50.2 Å². The summed E-state index contributed by atoms with van der Waals surface area (Å²) in [5.74, 6) is 0.206. The maximum absolute atomic E-state index is 13.2. The van der Waals surface area contributed by atoms with Crippen molar-refractivity contribution in [2.75, 3.05) is 0 Å². The summed E-state index contributed by atoms with van der Waals surface area (Å²) in [5, 5.41) is 10.7. The molecule has 30 heavy (non-hydrogen) atoms. The van der Waals surface area contributed by atoms with Gasteiger partial charge in [-0.15, -0.1) is 10.2 Å². The van der Waals surface area contributed by atoms with Gasteiger partial charge >= 0.3 is 12.3 Å². The maximum Gasteiger partial charge on any atom is 0.417 e. The Bertz CT molecular complexity index is 1010. The Balaban J connectivity index is 1.93. The van der Waals surface area contributed by atoms with E-state index in [0.29, 0.717) is 12.8 Å². The van der Waals surface area contributed by atoms with E-state index in [1.807, 2.05) is 30.3 Å². The third kappa shape index (κ3) is 5.49. The highest BCUT2D eigenvalue weighted by atomic mass is 19.4. The zero-order valence-corrected chi connectivity index (χ0v) is 16.9. The Hall–Kier alpha value is -3.10. The fourth-order valence-electron chi connectivity index (χ4n) is 2.99. The number of halogens is 3. The molecule has 1 N–H and O–H groups in total. The van der Waals surface area contributed by atoms with Crippen molar-refractivity contribution >= 4 is 11.7 Å². The van der Waals surface area contributed by atoms with Crippen molar-refractivity contribution in [3.8, 4) is 0 Å². The van der Waals surface area contributed by atoms with Crippen LogP contribution in [-0.4, -0.2) is 26.3 Å². The van der Waals surface area contributed by atoms with Crippen molar-refractivity contribution in [1.82, 2.24) is 19.9 Å². The van der Waals surface area contributed by atoms with Crippen LogP contribution in [0, 0.1) is 0 Å². The smallest absolute Gasteiger partial charge is 0.417 e. The van der Waals surface area contributed by atoms with Gasteiger partial charge in [0.15, 0.2) is 11.5 Å². The number of pyridine rings is 1. The Labute approximate surface area is 172 Å². The van der Waals surface area contributed by atoms with E-state index in [-0.39, 0.29) is 11.5 Å². The molecule has 0 bridgehead atoms. The lowest BCUT2D eigenvalue weighted by Gasteiger charge is -2.23. The molecule has 0 fully saturated rings. The first-order chi connectivity index (χ1) is 14.0. The summed E-state index contributed by atoms with van der Waals surface area (Å²) in [4.78, 5) is 12.4. The van der Waals surface area contributed by atoms with Gasteiger partial charge in [-0.2, -0.15) is 13.2 Å². The number of rotatable bonds is 5. The van der Waals surface area contributed by atoms with E-state index in [9.17, 15) is 18.0 Å². The average molecular weight is 420 g/mol. The van der Waals surface area contributed by atoms with Gasteiger partial charge in [-0.3, -0.25) is 4.40 Å². The summed E-state index contributed by atoms with van der Waals surface area (Å²) in [6, 6.07) is 11.1. The van der Waals surface area contributed by atoms with Crippen molar-refractivity contribution in [3.05, 3.63) is 65.6 Å². The minimum absolute atomic E-state index is 0.206. The summed E-state index contributed by atoms with van der Waals surface area (Å²) >= 11 is 0. The van der Waals surface area contributed by atoms with E-state index in [1.54, 1.807) is 20.8 Å². The topological polar surface area (TPSA) is 68.5 Å². The van der Waals surface area contributed by atoms with Crippen LogP contribution in [0.5, 0.6) is 0 Å². The van der Waals surface area contributed by atoms with Gasteiger partial charge in [0.05, 0.1) is 11.6 Å². The molecule has 0 aliphatic rings. The zero-order chi connectivity index (χ0) is 21.9. The molecule has 0 saturated carbocycles. The quantitative estimate of drug-likeness (QED) is 0.634. The molecule has 0 unspecified atom stereocenters. The normalized spacial score (nSPS) is 13.3. The molecule has 0 spiro atoms. The molecule has 6 nitrogen and oxygen atoms in total. The van der Waals surface area contributed by atoms with Crippen molar-refractivity contribution in [2.45, 2.75) is 51.4 Å². The number of nitrogens with zero attached hydrogens (tertiary/aromatic N) is 3. The van der Waals surface area contributed by atoms with E-state index < -0.39 is 29.5 Å². The fraction of sp³-hybridized carbons (Fsp3) is 0.381. The molecule has 3 aromatic rings. The van der Waals surface area contributed by atoms with Crippen molar-refractivity contribution in [2.24, 2.45) is 0 Å². The average Bonchev–Trinajstić information content (AvgIpc) is 3.07. The van der Waals surface area contributed by atoms with Gasteiger partial charge in [0, 0.05) is 6.20 Å². The number of carbonyl (C=O) groups is 1. The number of hydrogen-bond donors (Lipinski definition) is 1. The first-order valence-corrected chi connectivity index (χ1v) is 9.48. The van der Waals surface area contributed by atoms with Gasteiger partial charge < -0.3 is 10.1 Å². The number of amides is 1. The molecule has 1 atom stereocenters. The molecule has 1 amide bonds. The molecule has 0 aliphatic heterocycles. The van der Waals surface area contributed by atoms with Gasteiger partial charge in [-0.25, -0.2) is 4.79 Å². The fourth-order valence-corrected chi connectivity index (χ4v) is 2.99. The molecule has 2 aromatic heterocycles. The summed E-state index contributed by atoms with van der Waals surface area (Å²) in [5.41, 5.74) is -0.258. The Morgan fingerprint density at radius 1 is 1.10 bits per heavy atom. The van der Waals surface area contributed by atoms with Gasteiger partial charge in [0.2, 0.25) is 0 Å². The molecular weight excluding hydrogens is 397 g/mol. The number of hydrogen-bond acceptors (Lipinski definition) is 4. The summed E-state index contributed by atoms with van der Waals surface area (Å²) in [6.45, 7) is 5.19. The molecule has 0 saturated heterocycles. The van der Waals surface area contributed by atoms with Crippen molar-refractivity contribution < 1.29 is 22.7 Å². The molecule has 0 aliphatic carbocycles. The van der Waals surface area contributed by atoms with Gasteiger partial charge in [-0.05, 0) is 51.3 Å². The van der Waals surface area contributed by atoms with Crippen LogP contribution in [-0.2, 0) is 17.3 Å². The number of carbonyl (C=O) groups excluding carboxylic acids is 1. The van der Waals surface area contributed by atoms with Crippen LogP contribution < -0.4 is 5.32 Å². The highest BCUT2D eigenvalue weighted by Gasteiger charge is 2.32. The first-order valence-electron chi connectivity index (χ1n) is 9.48. The number of benzene rings is 1. The molecule has 0 radical (unpaired) electrons. The SMILES string of the molecule is CC(C)(C)OC(=O)N[C@H](CCc1ccccc1)c1nnc2ccc(C(F)(F)F)cn12. The lowest BCUT2D eigenvalue weighted by molar-refractivity contribution is -0.137. The van der Waals surface area contributed by atoms with E-state index in [2.05, 4.69) is 15.5 Å². The third-order valence-electron chi connectivity index (χ3n) is 4.32. The molecule has 160 valence electrons. The maximum atomic E-state index is 13.2. The van der Waals surface area contributed by atoms with Crippen LogP contribution in [0.15, 0.2) is 48.7 Å². The number of alkyl carbamates (subject to hydrolysis) is 1. The van der Waals surface area contributed by atoms with Crippen molar-refractivity contribution in [1.29, 1.82) is 0 Å². The van der Waals surface area contributed by atoms with E-state index in [0.717, 1.165) is 17.8 Å². The molecule has 9 heteroatoms. The summed E-state index contributed by atoms with van der Waals surface area (Å²) in [7, 11) is 0. The lowest BCUT2D eigenvalue weighted by atomic mass is 10.0. The second-order valence-electron chi connectivity index (χ2n) is 7.93. The Morgan fingerprint density at radius 3 is 2.43 bits per heavy atom. The van der Waals surface area contributed by atoms with Gasteiger partial charge in [0.25, 0.3) is 0 Å². The van der Waals surface area contributed by atoms with E-state index >= 15 is 0 Å². The standard InChI is InChI=1S/C21H23F3N4O2/c1-20(2,3)30-19(29)25-16(11-9-14-7-5-4-6-8-14)18-27-26-17-12-10-15(13-28(17)18)21(22,23)24/h4-8,10,12-13,16H,9,11H2,1-3H3,(H,25,29)/t16-/m1/s1. The second kappa shape index (κ2) is 8.33.